The summed E-state index contributed by atoms with van der Waals surface area (Å²) in [5.74, 6) is 2.07. The van der Waals surface area contributed by atoms with Gasteiger partial charge in [-0.25, -0.2) is 4.98 Å². The third-order valence-electron chi connectivity index (χ3n) is 3.46. The third-order valence-corrected chi connectivity index (χ3v) is 3.46. The molecule has 0 spiro atoms. The van der Waals surface area contributed by atoms with E-state index in [4.69, 9.17) is 9.47 Å². The van der Waals surface area contributed by atoms with Gasteiger partial charge in [0.2, 0.25) is 5.88 Å². The third kappa shape index (κ3) is 2.52. The minimum atomic E-state index is 0.369. The first-order chi connectivity index (χ1) is 10.3. The Labute approximate surface area is 123 Å². The standard InChI is InChI=1S/C17H15NO3/c1-20-15-7-2-8-16-14(15)11-12(5-4-10-19)13-6-3-9-18-17(13)21-16/h2-3,5-10H,4,11H2,1H3. The van der Waals surface area contributed by atoms with Crippen LogP contribution in [0.3, 0.4) is 0 Å². The summed E-state index contributed by atoms with van der Waals surface area (Å²) in [6.07, 6.45) is 5.51. The van der Waals surface area contributed by atoms with Crippen LogP contribution < -0.4 is 9.47 Å². The lowest BCUT2D eigenvalue weighted by Crippen LogP contribution is -1.94. The van der Waals surface area contributed by atoms with Crippen molar-refractivity contribution in [3.05, 3.63) is 53.7 Å². The summed E-state index contributed by atoms with van der Waals surface area (Å²) < 4.78 is 11.4. The van der Waals surface area contributed by atoms with E-state index in [1.165, 1.54) is 0 Å². The summed E-state index contributed by atoms with van der Waals surface area (Å²) in [6, 6.07) is 9.52. The summed E-state index contributed by atoms with van der Waals surface area (Å²) in [5, 5.41) is 0. The Hall–Kier alpha value is -2.62. The highest BCUT2D eigenvalue weighted by Crippen LogP contribution is 2.41. The highest BCUT2D eigenvalue weighted by molar-refractivity contribution is 5.76. The molecule has 0 saturated heterocycles. The van der Waals surface area contributed by atoms with Crippen molar-refractivity contribution in [1.82, 2.24) is 4.98 Å². The number of fused-ring (bicyclic) bond motifs is 2. The number of carbonyl (C=O) groups excluding carboxylic acids is 1. The fourth-order valence-electron chi connectivity index (χ4n) is 2.49. The van der Waals surface area contributed by atoms with E-state index in [1.54, 1.807) is 13.3 Å². The van der Waals surface area contributed by atoms with E-state index in [0.29, 0.717) is 18.7 Å². The first kappa shape index (κ1) is 13.4. The van der Waals surface area contributed by atoms with Gasteiger partial charge in [0.05, 0.1) is 7.11 Å². The lowest BCUT2D eigenvalue weighted by atomic mass is 9.98. The molecule has 2 aromatic rings. The maximum Gasteiger partial charge on any atom is 0.226 e. The van der Waals surface area contributed by atoms with Crippen molar-refractivity contribution in [3.63, 3.8) is 0 Å². The zero-order valence-electron chi connectivity index (χ0n) is 11.7. The van der Waals surface area contributed by atoms with Gasteiger partial charge in [-0.15, -0.1) is 0 Å². The molecule has 21 heavy (non-hydrogen) atoms. The van der Waals surface area contributed by atoms with Gasteiger partial charge in [-0.05, 0) is 29.8 Å². The normalized spacial score (nSPS) is 14.6. The van der Waals surface area contributed by atoms with Crippen LogP contribution >= 0.6 is 0 Å². The molecule has 0 atom stereocenters. The van der Waals surface area contributed by atoms with Crippen LogP contribution in [0.2, 0.25) is 0 Å². The zero-order valence-corrected chi connectivity index (χ0v) is 11.7. The van der Waals surface area contributed by atoms with Gasteiger partial charge in [-0.2, -0.15) is 0 Å². The second kappa shape index (κ2) is 5.79. The SMILES string of the molecule is COc1cccc2c1CC(=CCC=O)c1cccnc1O2. The van der Waals surface area contributed by atoms with Crippen LogP contribution in [0.5, 0.6) is 17.4 Å². The van der Waals surface area contributed by atoms with E-state index in [9.17, 15) is 4.79 Å². The molecule has 0 fully saturated rings. The molecule has 1 aromatic carbocycles. The highest BCUT2D eigenvalue weighted by Gasteiger charge is 2.21. The molecule has 0 aliphatic carbocycles. The Morgan fingerprint density at radius 3 is 3.05 bits per heavy atom. The molecule has 0 amide bonds. The number of carbonyl (C=O) groups is 1. The second-order valence-corrected chi connectivity index (χ2v) is 4.70. The Kier molecular flexibility index (Phi) is 3.69. The Morgan fingerprint density at radius 1 is 1.33 bits per heavy atom. The van der Waals surface area contributed by atoms with Gasteiger partial charge in [0.15, 0.2) is 0 Å². The molecular weight excluding hydrogens is 266 g/mol. The number of hydrogen-bond acceptors (Lipinski definition) is 4. The number of hydrogen-bond donors (Lipinski definition) is 0. The van der Waals surface area contributed by atoms with Gasteiger partial charge in [0.25, 0.3) is 0 Å². The van der Waals surface area contributed by atoms with Gasteiger partial charge >= 0.3 is 0 Å². The van der Waals surface area contributed by atoms with Crippen molar-refractivity contribution < 1.29 is 14.3 Å². The number of rotatable bonds is 3. The molecule has 2 heterocycles. The fourth-order valence-corrected chi connectivity index (χ4v) is 2.49. The van der Waals surface area contributed by atoms with Crippen LogP contribution in [0.15, 0.2) is 42.6 Å². The highest BCUT2D eigenvalue weighted by atomic mass is 16.5. The molecule has 1 aliphatic rings. The fraction of sp³-hybridized carbons (Fsp3) is 0.176. The van der Waals surface area contributed by atoms with E-state index < -0.39 is 0 Å². The second-order valence-electron chi connectivity index (χ2n) is 4.70. The average Bonchev–Trinajstić information content (AvgIpc) is 2.68. The van der Waals surface area contributed by atoms with Crippen LogP contribution in [-0.2, 0) is 11.2 Å². The lowest BCUT2D eigenvalue weighted by Gasteiger charge is -2.10. The summed E-state index contributed by atoms with van der Waals surface area (Å²) in [6.45, 7) is 0. The van der Waals surface area contributed by atoms with Crippen molar-refractivity contribution in [2.24, 2.45) is 0 Å². The predicted molar refractivity (Wildman–Crippen MR) is 79.7 cm³/mol. The molecule has 0 unspecified atom stereocenters. The molecule has 0 N–H and O–H groups in total. The van der Waals surface area contributed by atoms with Gasteiger partial charge in [-0.3, -0.25) is 0 Å². The van der Waals surface area contributed by atoms with Crippen molar-refractivity contribution in [2.45, 2.75) is 12.8 Å². The van der Waals surface area contributed by atoms with Crippen LogP contribution in [0, 0.1) is 0 Å². The topological polar surface area (TPSA) is 48.4 Å². The minimum Gasteiger partial charge on any atom is -0.496 e. The van der Waals surface area contributed by atoms with Crippen LogP contribution in [0.4, 0.5) is 0 Å². The molecule has 0 saturated carbocycles. The number of nitrogens with zero attached hydrogens (tertiary/aromatic N) is 1. The average molecular weight is 281 g/mol. The molecular formula is C17H15NO3. The Balaban J connectivity index is 2.16. The first-order valence-electron chi connectivity index (χ1n) is 6.75. The molecule has 0 bridgehead atoms. The Morgan fingerprint density at radius 2 is 2.24 bits per heavy atom. The van der Waals surface area contributed by atoms with E-state index in [2.05, 4.69) is 4.98 Å². The number of aldehydes is 1. The number of allylic oxidation sites excluding steroid dienone is 2. The summed E-state index contributed by atoms with van der Waals surface area (Å²) in [4.78, 5) is 15.0. The number of aromatic nitrogens is 1. The molecule has 0 radical (unpaired) electrons. The smallest absolute Gasteiger partial charge is 0.226 e. The number of ether oxygens (including phenoxy) is 2. The zero-order chi connectivity index (χ0) is 14.7. The first-order valence-corrected chi connectivity index (χ1v) is 6.75. The molecule has 106 valence electrons. The number of benzene rings is 1. The predicted octanol–water partition coefficient (Wildman–Crippen LogP) is 3.41. The molecule has 1 aromatic heterocycles. The van der Waals surface area contributed by atoms with Gasteiger partial charge in [0, 0.05) is 30.2 Å². The van der Waals surface area contributed by atoms with E-state index >= 15 is 0 Å². The largest absolute Gasteiger partial charge is 0.496 e. The molecule has 4 heteroatoms. The molecule has 3 rings (SSSR count). The van der Waals surface area contributed by atoms with Gasteiger partial charge in [-0.1, -0.05) is 12.1 Å². The van der Waals surface area contributed by atoms with Crippen molar-refractivity contribution in [2.75, 3.05) is 7.11 Å². The summed E-state index contributed by atoms with van der Waals surface area (Å²) >= 11 is 0. The monoisotopic (exact) mass is 281 g/mol. The number of pyridine rings is 1. The van der Waals surface area contributed by atoms with Crippen molar-refractivity contribution in [3.8, 4) is 17.4 Å². The van der Waals surface area contributed by atoms with E-state index in [-0.39, 0.29) is 0 Å². The van der Waals surface area contributed by atoms with Gasteiger partial charge < -0.3 is 14.3 Å². The lowest BCUT2D eigenvalue weighted by molar-refractivity contribution is -0.107. The van der Waals surface area contributed by atoms with Crippen LogP contribution in [0.25, 0.3) is 5.57 Å². The minimum absolute atomic E-state index is 0.369. The van der Waals surface area contributed by atoms with Crippen LogP contribution in [-0.4, -0.2) is 18.4 Å². The van der Waals surface area contributed by atoms with Crippen molar-refractivity contribution in [1.29, 1.82) is 0 Å². The Bertz CT molecular complexity index is 707. The van der Waals surface area contributed by atoms with E-state index in [0.717, 1.165) is 34.5 Å². The molecule has 4 nitrogen and oxygen atoms in total. The quantitative estimate of drug-likeness (QED) is 0.809. The van der Waals surface area contributed by atoms with E-state index in [1.807, 2.05) is 36.4 Å². The number of methoxy groups -OCH3 is 1. The molecule has 1 aliphatic heterocycles. The van der Waals surface area contributed by atoms with Crippen molar-refractivity contribution >= 4 is 11.9 Å². The van der Waals surface area contributed by atoms with Gasteiger partial charge in [0.1, 0.15) is 17.8 Å². The summed E-state index contributed by atoms with van der Waals surface area (Å²) in [5.41, 5.74) is 2.90. The van der Waals surface area contributed by atoms with Crippen LogP contribution in [0.1, 0.15) is 17.5 Å². The maximum atomic E-state index is 10.7. The summed E-state index contributed by atoms with van der Waals surface area (Å²) in [7, 11) is 1.64. The maximum absolute atomic E-state index is 10.7.